The van der Waals surface area contributed by atoms with Crippen LogP contribution in [0.4, 0.5) is 18.0 Å². The van der Waals surface area contributed by atoms with Crippen molar-refractivity contribution in [1.29, 1.82) is 0 Å². The van der Waals surface area contributed by atoms with E-state index in [1.165, 1.54) is 6.07 Å². The second-order valence-corrected chi connectivity index (χ2v) is 9.73. The number of alkyl halides is 3. The second-order valence-electron chi connectivity index (χ2n) is 8.85. The van der Waals surface area contributed by atoms with Crippen molar-refractivity contribution in [3.63, 3.8) is 0 Å². The molecule has 1 aliphatic heterocycles. The van der Waals surface area contributed by atoms with Crippen LogP contribution in [0.5, 0.6) is 5.75 Å². The predicted molar refractivity (Wildman–Crippen MR) is 137 cm³/mol. The molecule has 1 aliphatic rings. The number of benzene rings is 3. The van der Waals surface area contributed by atoms with Crippen molar-refractivity contribution in [1.82, 2.24) is 4.90 Å². The maximum Gasteiger partial charge on any atom is 0.416 e. The molecule has 4 rings (SSSR count). The van der Waals surface area contributed by atoms with E-state index in [4.69, 9.17) is 32.9 Å². The molecule has 5 nitrogen and oxygen atoms in total. The smallest absolute Gasteiger partial charge is 0.416 e. The summed E-state index contributed by atoms with van der Waals surface area (Å²) >= 11 is 12.2. The second kappa shape index (κ2) is 9.58. The summed E-state index contributed by atoms with van der Waals surface area (Å²) in [6.45, 7) is 5.20. The molecule has 0 saturated carbocycles. The van der Waals surface area contributed by atoms with Gasteiger partial charge in [-0.2, -0.15) is 13.2 Å². The van der Waals surface area contributed by atoms with Gasteiger partial charge in [-0.05, 0) is 74.4 Å². The van der Waals surface area contributed by atoms with Crippen LogP contribution in [0, 0.1) is 0 Å². The molecule has 2 atom stereocenters. The van der Waals surface area contributed by atoms with E-state index in [0.717, 1.165) is 17.0 Å². The lowest BCUT2D eigenvalue weighted by atomic mass is 9.71. The summed E-state index contributed by atoms with van der Waals surface area (Å²) in [5.74, 6) is -0.166. The number of carboxylic acid groups (broad SMARTS) is 1. The van der Waals surface area contributed by atoms with E-state index in [-0.39, 0.29) is 23.8 Å². The summed E-state index contributed by atoms with van der Waals surface area (Å²) < 4.78 is 45.9. The number of amides is 1. The zero-order chi connectivity index (χ0) is 27.2. The molecule has 0 aromatic heterocycles. The van der Waals surface area contributed by atoms with Crippen molar-refractivity contribution in [2.45, 2.75) is 38.0 Å². The van der Waals surface area contributed by atoms with Crippen LogP contribution in [0.1, 0.15) is 43.0 Å². The van der Waals surface area contributed by atoms with Crippen LogP contribution < -0.4 is 4.74 Å². The number of hydrogen-bond donors (Lipinski definition) is 1. The Kier molecular flexibility index (Phi) is 6.94. The number of halogens is 5. The fourth-order valence-corrected chi connectivity index (χ4v) is 4.98. The first-order valence-electron chi connectivity index (χ1n) is 11.3. The van der Waals surface area contributed by atoms with E-state index in [9.17, 15) is 23.1 Å². The van der Waals surface area contributed by atoms with Gasteiger partial charge < -0.3 is 9.84 Å². The number of nitrogens with zero attached hydrogens (tertiary/aromatic N) is 2. The topological polar surface area (TPSA) is 62.1 Å². The van der Waals surface area contributed by atoms with Gasteiger partial charge in [0.25, 0.3) is 0 Å². The zero-order valence-corrected chi connectivity index (χ0v) is 21.6. The van der Waals surface area contributed by atoms with E-state index in [1.54, 1.807) is 69.3 Å². The summed E-state index contributed by atoms with van der Waals surface area (Å²) in [7, 11) is 0. The van der Waals surface area contributed by atoms with Crippen LogP contribution in [0.25, 0.3) is 0 Å². The molecule has 0 unspecified atom stereocenters. The Balaban J connectivity index is 2.03. The molecule has 0 aliphatic carbocycles. The molecular weight excluding hydrogens is 528 g/mol. The summed E-state index contributed by atoms with van der Waals surface area (Å²) in [4.78, 5) is 18.9. The van der Waals surface area contributed by atoms with Crippen LogP contribution >= 0.6 is 23.2 Å². The Hall–Kier alpha value is -3.23. The van der Waals surface area contributed by atoms with E-state index >= 15 is 0 Å². The van der Waals surface area contributed by atoms with Gasteiger partial charge in [0.05, 0.1) is 17.7 Å². The van der Waals surface area contributed by atoms with Crippen molar-refractivity contribution < 1.29 is 27.8 Å². The number of carbonyl (C=O) groups is 1. The van der Waals surface area contributed by atoms with Crippen molar-refractivity contribution in [3.8, 4) is 5.75 Å². The van der Waals surface area contributed by atoms with Gasteiger partial charge >= 0.3 is 12.3 Å². The maximum absolute atomic E-state index is 13.5. The van der Waals surface area contributed by atoms with Crippen LogP contribution in [-0.2, 0) is 17.3 Å². The monoisotopic (exact) mass is 550 g/mol. The van der Waals surface area contributed by atoms with E-state index in [2.05, 4.69) is 0 Å². The van der Waals surface area contributed by atoms with Crippen molar-refractivity contribution >= 4 is 35.1 Å². The van der Waals surface area contributed by atoms with Crippen LogP contribution in [0.15, 0.2) is 71.7 Å². The van der Waals surface area contributed by atoms with Gasteiger partial charge in [-0.3, -0.25) is 4.99 Å². The zero-order valence-electron chi connectivity index (χ0n) is 20.1. The minimum absolute atomic E-state index is 0.0421. The van der Waals surface area contributed by atoms with Gasteiger partial charge in [-0.15, -0.1) is 0 Å². The molecule has 1 N–H and O–H groups in total. The van der Waals surface area contributed by atoms with Crippen LogP contribution in [0.3, 0.4) is 0 Å². The Bertz CT molecular complexity index is 1360. The average Bonchev–Trinajstić information content (AvgIpc) is 3.08. The van der Waals surface area contributed by atoms with Crippen molar-refractivity contribution in [3.05, 3.63) is 99.0 Å². The minimum atomic E-state index is -4.61. The highest BCUT2D eigenvalue weighted by Gasteiger charge is 2.60. The fourth-order valence-electron chi connectivity index (χ4n) is 4.73. The molecule has 1 amide bonds. The highest BCUT2D eigenvalue weighted by atomic mass is 35.5. The molecule has 194 valence electrons. The largest absolute Gasteiger partial charge is 0.493 e. The van der Waals surface area contributed by atoms with E-state index < -0.39 is 28.9 Å². The summed E-state index contributed by atoms with van der Waals surface area (Å²) in [5, 5.41) is 11.4. The van der Waals surface area contributed by atoms with Crippen molar-refractivity contribution in [2.75, 3.05) is 6.61 Å². The molecule has 0 saturated heterocycles. The molecular formula is C27H23Cl2F3N2O3. The molecule has 10 heteroatoms. The highest BCUT2D eigenvalue weighted by molar-refractivity contribution is 6.30. The molecule has 0 spiro atoms. The number of hydrogen-bond acceptors (Lipinski definition) is 3. The van der Waals surface area contributed by atoms with E-state index in [0.29, 0.717) is 21.2 Å². The first-order valence-corrected chi connectivity index (χ1v) is 12.1. The Morgan fingerprint density at radius 2 is 1.51 bits per heavy atom. The first-order chi connectivity index (χ1) is 17.3. The lowest BCUT2D eigenvalue weighted by Crippen LogP contribution is -2.54. The minimum Gasteiger partial charge on any atom is -0.493 e. The number of amidine groups is 1. The van der Waals surface area contributed by atoms with Crippen molar-refractivity contribution in [2.24, 2.45) is 4.99 Å². The highest BCUT2D eigenvalue weighted by Crippen LogP contribution is 2.53. The summed E-state index contributed by atoms with van der Waals surface area (Å²) in [6, 6.07) is 16.5. The normalized spacial score (nSPS) is 21.6. The Labute approximate surface area is 222 Å². The van der Waals surface area contributed by atoms with Gasteiger partial charge in [0.1, 0.15) is 22.7 Å². The fraction of sp³-hybridized carbons (Fsp3) is 0.259. The lowest BCUT2D eigenvalue weighted by molar-refractivity contribution is -0.137. The maximum atomic E-state index is 13.5. The van der Waals surface area contributed by atoms with E-state index in [1.807, 2.05) is 0 Å². The third kappa shape index (κ3) is 4.53. The Morgan fingerprint density at radius 1 is 0.973 bits per heavy atom. The molecule has 0 fully saturated rings. The summed E-state index contributed by atoms with van der Waals surface area (Å²) in [6.07, 6.45) is -5.94. The van der Waals surface area contributed by atoms with Crippen LogP contribution in [0.2, 0.25) is 10.0 Å². The van der Waals surface area contributed by atoms with Gasteiger partial charge in [-0.1, -0.05) is 47.5 Å². The Morgan fingerprint density at radius 3 is 2.00 bits per heavy atom. The molecule has 0 radical (unpaired) electrons. The SMILES string of the molecule is CCOc1cc(C(F)(F)F)ccc1C1=N[C@@](C)(c2ccc(Cl)cc2)[C@@](C)(c2ccc(Cl)cc2)N1C(=O)O. The number of ether oxygens (including phenoxy) is 1. The average molecular weight is 551 g/mol. The quantitative estimate of drug-likeness (QED) is 0.350. The molecule has 3 aromatic carbocycles. The number of rotatable bonds is 5. The lowest BCUT2D eigenvalue weighted by Gasteiger charge is -2.44. The molecule has 1 heterocycles. The molecule has 0 bridgehead atoms. The molecule has 3 aromatic rings. The predicted octanol–water partition coefficient (Wildman–Crippen LogP) is 7.98. The molecule has 37 heavy (non-hydrogen) atoms. The van der Waals surface area contributed by atoms with Crippen LogP contribution in [-0.4, -0.2) is 28.5 Å². The van der Waals surface area contributed by atoms with Gasteiger partial charge in [-0.25, -0.2) is 9.69 Å². The number of aliphatic imine (C=N–C) groups is 1. The van der Waals surface area contributed by atoms with Gasteiger partial charge in [0.15, 0.2) is 0 Å². The first kappa shape index (κ1) is 26.8. The van der Waals surface area contributed by atoms with Gasteiger partial charge in [0, 0.05) is 10.0 Å². The summed E-state index contributed by atoms with van der Waals surface area (Å²) in [5.41, 5.74) is -2.11. The standard InChI is InChI=1S/C27H23Cl2F3N2O3/c1-4-37-22-15-18(27(30,31)32)9-14-21(22)23-33-25(2,16-5-10-19(28)11-6-16)26(3,34(23)24(35)36)17-7-12-20(29)13-8-17/h5-15H,4H2,1-3H3,(H,35,36)/t25-,26+/m0/s1. The third-order valence-electron chi connectivity index (χ3n) is 6.79. The third-order valence-corrected chi connectivity index (χ3v) is 7.29. The van der Waals surface area contributed by atoms with Gasteiger partial charge in [0.2, 0.25) is 0 Å².